The fraction of sp³-hybridized carbons (Fsp3) is 0.333. The number of allylic oxidation sites excluding steroid dienone is 1. The van der Waals surface area contributed by atoms with E-state index in [1.165, 1.54) is 12.4 Å². The van der Waals surface area contributed by atoms with Crippen LogP contribution in [0.1, 0.15) is 28.8 Å². The third-order valence-electron chi connectivity index (χ3n) is 5.67. The molecule has 1 fully saturated rings. The van der Waals surface area contributed by atoms with Crippen LogP contribution in [0.5, 0.6) is 0 Å². The number of nitrogens with two attached hydrogens (primary N) is 1. The van der Waals surface area contributed by atoms with Crippen molar-refractivity contribution in [3.63, 3.8) is 0 Å². The van der Waals surface area contributed by atoms with Crippen molar-refractivity contribution in [2.45, 2.75) is 31.0 Å². The number of anilines is 1. The summed E-state index contributed by atoms with van der Waals surface area (Å²) in [5, 5.41) is 7.47. The van der Waals surface area contributed by atoms with E-state index in [-0.39, 0.29) is 31.8 Å². The number of hydrogen-bond donors (Lipinski definition) is 3. The Bertz CT molecular complexity index is 1020. The van der Waals surface area contributed by atoms with Crippen molar-refractivity contribution >= 4 is 28.6 Å². The van der Waals surface area contributed by atoms with E-state index in [9.17, 15) is 18.0 Å². The van der Waals surface area contributed by atoms with Crippen LogP contribution >= 0.6 is 0 Å². The zero-order valence-electron chi connectivity index (χ0n) is 15.6. The van der Waals surface area contributed by atoms with Crippen LogP contribution in [0.25, 0.3) is 10.8 Å². The van der Waals surface area contributed by atoms with E-state index in [1.807, 2.05) is 12.1 Å². The minimum absolute atomic E-state index is 0.0976. The molecule has 5 nitrogen and oxygen atoms in total. The average molecular weight is 402 g/mol. The van der Waals surface area contributed by atoms with E-state index in [4.69, 9.17) is 5.73 Å². The van der Waals surface area contributed by atoms with Gasteiger partial charge in [0.2, 0.25) is 0 Å². The van der Waals surface area contributed by atoms with Crippen LogP contribution < -0.4 is 16.4 Å². The number of alkyl halides is 3. The Labute approximate surface area is 165 Å². The van der Waals surface area contributed by atoms with Crippen LogP contribution in [0.4, 0.5) is 18.9 Å². The molecule has 1 amide bonds. The second-order valence-corrected chi connectivity index (χ2v) is 7.41. The number of carbonyl (C=O) groups excluding carboxylic acids is 1. The number of carbonyl (C=O) groups is 1. The Kier molecular flexibility index (Phi) is 4.82. The lowest BCUT2D eigenvalue weighted by molar-refractivity contribution is -0.191. The van der Waals surface area contributed by atoms with Gasteiger partial charge < -0.3 is 16.4 Å². The highest BCUT2D eigenvalue weighted by Crippen LogP contribution is 2.40. The molecule has 2 aromatic carbocycles. The lowest BCUT2D eigenvalue weighted by atomic mass is 9.88. The molecule has 4 rings (SSSR count). The summed E-state index contributed by atoms with van der Waals surface area (Å²) in [6.45, 7) is 0.544. The molecular formula is C21H21F3N4O. The lowest BCUT2D eigenvalue weighted by Crippen LogP contribution is -2.51. The molecule has 4 N–H and O–H groups in total. The fourth-order valence-electron chi connectivity index (χ4n) is 4.00. The molecule has 0 aromatic heterocycles. The summed E-state index contributed by atoms with van der Waals surface area (Å²) in [7, 11) is 0. The average Bonchev–Trinajstić information content (AvgIpc) is 3.04. The Morgan fingerprint density at radius 2 is 1.97 bits per heavy atom. The zero-order valence-corrected chi connectivity index (χ0v) is 15.6. The lowest BCUT2D eigenvalue weighted by Gasteiger charge is -2.35. The molecule has 0 aliphatic carbocycles. The molecule has 0 spiro atoms. The summed E-state index contributed by atoms with van der Waals surface area (Å²) in [5.74, 6) is -0.156. The summed E-state index contributed by atoms with van der Waals surface area (Å²) >= 11 is 0. The van der Waals surface area contributed by atoms with Gasteiger partial charge in [0, 0.05) is 29.3 Å². The van der Waals surface area contributed by atoms with Crippen molar-refractivity contribution in [2.75, 3.05) is 18.4 Å². The molecule has 0 bridgehead atoms. The molecule has 2 aromatic rings. The minimum atomic E-state index is -4.42. The van der Waals surface area contributed by atoms with E-state index in [2.05, 4.69) is 15.6 Å². The first-order valence-electron chi connectivity index (χ1n) is 9.44. The second-order valence-electron chi connectivity index (χ2n) is 7.41. The van der Waals surface area contributed by atoms with Gasteiger partial charge in [0.15, 0.2) is 5.54 Å². The molecule has 0 radical (unpaired) electrons. The quantitative estimate of drug-likeness (QED) is 0.685. The number of nitrogens with one attached hydrogen (secondary N) is 2. The van der Waals surface area contributed by atoms with Gasteiger partial charge in [0.05, 0.1) is 0 Å². The third-order valence-corrected chi connectivity index (χ3v) is 5.67. The molecule has 2 heterocycles. The van der Waals surface area contributed by atoms with Crippen molar-refractivity contribution in [1.29, 1.82) is 0 Å². The smallest absolute Gasteiger partial charge is 0.404 e. The topological polar surface area (TPSA) is 79.5 Å². The molecular weight excluding hydrogens is 381 g/mol. The zero-order chi connectivity index (χ0) is 20.6. The maximum Gasteiger partial charge on any atom is 0.413 e. The Balaban J connectivity index is 1.65. The van der Waals surface area contributed by atoms with Gasteiger partial charge in [0.25, 0.3) is 5.91 Å². The summed E-state index contributed by atoms with van der Waals surface area (Å²) < 4.78 is 41.1. The molecule has 0 atom stereocenters. The highest BCUT2D eigenvalue weighted by Gasteiger charge is 2.54. The molecule has 2 aliphatic heterocycles. The van der Waals surface area contributed by atoms with Crippen LogP contribution in [0.3, 0.4) is 0 Å². The van der Waals surface area contributed by atoms with E-state index in [0.29, 0.717) is 17.6 Å². The van der Waals surface area contributed by atoms with E-state index < -0.39 is 11.7 Å². The monoisotopic (exact) mass is 402 g/mol. The SMILES string of the molecule is N/C=C(\C=NC1(C(F)(F)F)CCNCC1)Cc1ccc2c3c(cccc13)C(=O)N2. The maximum atomic E-state index is 13.7. The molecule has 2 aliphatic rings. The van der Waals surface area contributed by atoms with Crippen molar-refractivity contribution in [3.05, 3.63) is 53.2 Å². The first kappa shape index (κ1) is 19.4. The maximum absolute atomic E-state index is 13.7. The van der Waals surface area contributed by atoms with E-state index in [0.717, 1.165) is 22.0 Å². The Morgan fingerprint density at radius 3 is 2.66 bits per heavy atom. The molecule has 29 heavy (non-hydrogen) atoms. The van der Waals surface area contributed by atoms with Crippen molar-refractivity contribution in [2.24, 2.45) is 10.7 Å². The van der Waals surface area contributed by atoms with Gasteiger partial charge in [-0.25, -0.2) is 0 Å². The number of piperidine rings is 1. The number of aliphatic imine (C=N–C) groups is 1. The standard InChI is InChI=1S/C21H21F3N4O/c22-21(23,24)20(6-8-26-9-7-20)27-12-13(11-25)10-14-4-5-17-18-15(14)2-1-3-16(18)19(29)28-17/h1-5,11-12,26H,6-10,25H2,(H,28,29)/b13-11-,27-12?. The molecule has 8 heteroatoms. The van der Waals surface area contributed by atoms with Crippen LogP contribution in [0, 0.1) is 0 Å². The van der Waals surface area contributed by atoms with Gasteiger partial charge in [-0.1, -0.05) is 18.2 Å². The van der Waals surface area contributed by atoms with Gasteiger partial charge >= 0.3 is 6.18 Å². The molecule has 152 valence electrons. The van der Waals surface area contributed by atoms with Gasteiger partial charge in [-0.3, -0.25) is 9.79 Å². The van der Waals surface area contributed by atoms with Gasteiger partial charge in [0.1, 0.15) is 0 Å². The highest BCUT2D eigenvalue weighted by molar-refractivity contribution is 6.24. The number of halogens is 3. The number of nitrogens with zero attached hydrogens (tertiary/aromatic N) is 1. The first-order valence-corrected chi connectivity index (χ1v) is 9.44. The Morgan fingerprint density at radius 1 is 1.21 bits per heavy atom. The first-order chi connectivity index (χ1) is 13.8. The van der Waals surface area contributed by atoms with Gasteiger partial charge in [-0.15, -0.1) is 0 Å². The number of rotatable bonds is 4. The van der Waals surface area contributed by atoms with E-state index in [1.54, 1.807) is 18.2 Å². The fourth-order valence-corrected chi connectivity index (χ4v) is 4.00. The van der Waals surface area contributed by atoms with Crippen LogP contribution in [-0.4, -0.2) is 36.9 Å². The third kappa shape index (κ3) is 3.37. The summed E-state index contributed by atoms with van der Waals surface area (Å²) in [5.41, 5.74) is 6.33. The van der Waals surface area contributed by atoms with Crippen molar-refractivity contribution in [3.8, 4) is 0 Å². The van der Waals surface area contributed by atoms with Gasteiger partial charge in [-0.2, -0.15) is 13.2 Å². The number of hydrogen-bond acceptors (Lipinski definition) is 4. The predicted molar refractivity (Wildman–Crippen MR) is 107 cm³/mol. The molecule has 0 unspecified atom stereocenters. The predicted octanol–water partition coefficient (Wildman–Crippen LogP) is 3.55. The van der Waals surface area contributed by atoms with Gasteiger partial charge in [-0.05, 0) is 60.8 Å². The van der Waals surface area contributed by atoms with Crippen LogP contribution in [0.2, 0.25) is 0 Å². The largest absolute Gasteiger partial charge is 0.413 e. The van der Waals surface area contributed by atoms with E-state index >= 15 is 0 Å². The van der Waals surface area contributed by atoms with Crippen molar-refractivity contribution in [1.82, 2.24) is 5.32 Å². The number of benzene rings is 2. The minimum Gasteiger partial charge on any atom is -0.404 e. The Hall–Kier alpha value is -2.87. The van der Waals surface area contributed by atoms with Crippen molar-refractivity contribution < 1.29 is 18.0 Å². The van der Waals surface area contributed by atoms with Crippen LogP contribution in [-0.2, 0) is 6.42 Å². The molecule has 0 saturated carbocycles. The second kappa shape index (κ2) is 7.18. The summed E-state index contributed by atoms with van der Waals surface area (Å²) in [6.07, 6.45) is -1.74. The number of amides is 1. The summed E-state index contributed by atoms with van der Waals surface area (Å²) in [6, 6.07) is 9.11. The summed E-state index contributed by atoms with van der Waals surface area (Å²) in [4.78, 5) is 16.1. The molecule has 1 saturated heterocycles. The van der Waals surface area contributed by atoms with Crippen LogP contribution in [0.15, 0.2) is 47.1 Å². The highest BCUT2D eigenvalue weighted by atomic mass is 19.4. The normalized spacial score (nSPS) is 19.1.